The van der Waals surface area contributed by atoms with Gasteiger partial charge in [0.05, 0.1) is 24.3 Å². The Hall–Kier alpha value is -3.41. The van der Waals surface area contributed by atoms with Crippen LogP contribution in [0.4, 0.5) is 5.69 Å². The summed E-state index contributed by atoms with van der Waals surface area (Å²) >= 11 is 0. The van der Waals surface area contributed by atoms with E-state index in [1.807, 2.05) is 6.07 Å². The van der Waals surface area contributed by atoms with E-state index in [9.17, 15) is 19.5 Å². The Labute approximate surface area is 156 Å². The lowest BCUT2D eigenvalue weighted by molar-refractivity contribution is -0.118. The number of hydrogen-bond acceptors (Lipinski definition) is 5. The highest BCUT2D eigenvalue weighted by Gasteiger charge is 2.43. The number of aliphatic hydroxyl groups excluding tert-OH is 1. The van der Waals surface area contributed by atoms with Crippen molar-refractivity contribution in [1.82, 2.24) is 0 Å². The maximum Gasteiger partial charge on any atom is 0.337 e. The Morgan fingerprint density at radius 1 is 1.11 bits per heavy atom. The van der Waals surface area contributed by atoms with Crippen LogP contribution < -0.4 is 4.90 Å². The van der Waals surface area contributed by atoms with Crippen molar-refractivity contribution in [3.63, 3.8) is 0 Å². The molecule has 0 bridgehead atoms. The Morgan fingerprint density at radius 3 is 2.44 bits per heavy atom. The largest absolute Gasteiger partial charge is 0.503 e. The molecule has 6 nitrogen and oxygen atoms in total. The number of esters is 1. The zero-order chi connectivity index (χ0) is 19.6. The van der Waals surface area contributed by atoms with Crippen LogP contribution in [0.2, 0.25) is 0 Å². The van der Waals surface area contributed by atoms with E-state index in [2.05, 4.69) is 0 Å². The number of Topliss-reactive ketones (excluding diaryl/α,β-unsaturated/α-hetero) is 1. The summed E-state index contributed by atoms with van der Waals surface area (Å²) in [5.74, 6) is -2.08. The first-order valence-electron chi connectivity index (χ1n) is 8.52. The highest BCUT2D eigenvalue weighted by atomic mass is 16.5. The van der Waals surface area contributed by atoms with E-state index in [1.54, 1.807) is 49.4 Å². The van der Waals surface area contributed by atoms with Crippen LogP contribution in [0.1, 0.15) is 35.3 Å². The summed E-state index contributed by atoms with van der Waals surface area (Å²) in [5.41, 5.74) is 1.42. The smallest absolute Gasteiger partial charge is 0.337 e. The van der Waals surface area contributed by atoms with Gasteiger partial charge in [0, 0.05) is 12.1 Å². The summed E-state index contributed by atoms with van der Waals surface area (Å²) in [6.07, 6.45) is 0.159. The second-order valence-electron chi connectivity index (χ2n) is 6.07. The second kappa shape index (κ2) is 7.45. The number of carbonyl (C=O) groups is 3. The molecule has 0 fully saturated rings. The van der Waals surface area contributed by atoms with E-state index in [4.69, 9.17) is 4.74 Å². The van der Waals surface area contributed by atoms with Crippen LogP contribution in [0.5, 0.6) is 0 Å². The Kier molecular flexibility index (Phi) is 5.07. The van der Waals surface area contributed by atoms with E-state index in [0.29, 0.717) is 11.3 Å². The number of aliphatic hydroxyl groups is 1. The number of ether oxygens (including phenoxy) is 1. The topological polar surface area (TPSA) is 83.9 Å². The number of hydrogen-bond donors (Lipinski definition) is 1. The fourth-order valence-electron chi connectivity index (χ4n) is 3.20. The molecule has 0 radical (unpaired) electrons. The van der Waals surface area contributed by atoms with Gasteiger partial charge in [0.25, 0.3) is 5.91 Å². The lowest BCUT2D eigenvalue weighted by Crippen LogP contribution is -2.31. The second-order valence-corrected chi connectivity index (χ2v) is 6.07. The number of ketones is 1. The molecule has 1 unspecified atom stereocenters. The van der Waals surface area contributed by atoms with Gasteiger partial charge in [-0.15, -0.1) is 0 Å². The van der Waals surface area contributed by atoms with Crippen LogP contribution in [0, 0.1) is 0 Å². The third-order valence-electron chi connectivity index (χ3n) is 4.49. The van der Waals surface area contributed by atoms with Crippen molar-refractivity contribution < 1.29 is 24.2 Å². The molecule has 0 saturated carbocycles. The van der Waals surface area contributed by atoms with E-state index >= 15 is 0 Å². The molecule has 0 aliphatic carbocycles. The van der Waals surface area contributed by atoms with E-state index in [-0.39, 0.29) is 23.3 Å². The van der Waals surface area contributed by atoms with Gasteiger partial charge in [-0.05, 0) is 23.8 Å². The van der Waals surface area contributed by atoms with E-state index in [0.717, 1.165) is 0 Å². The predicted molar refractivity (Wildman–Crippen MR) is 99.4 cm³/mol. The molecular weight excluding hydrogens is 346 g/mol. The first-order valence-corrected chi connectivity index (χ1v) is 8.52. The van der Waals surface area contributed by atoms with E-state index in [1.165, 1.54) is 18.1 Å². The average molecular weight is 365 g/mol. The number of nitrogens with zero attached hydrogens (tertiary/aromatic N) is 1. The lowest BCUT2D eigenvalue weighted by atomic mass is 9.95. The molecular formula is C21H19NO5. The molecule has 27 heavy (non-hydrogen) atoms. The van der Waals surface area contributed by atoms with Crippen molar-refractivity contribution >= 4 is 23.3 Å². The van der Waals surface area contributed by atoms with Gasteiger partial charge < -0.3 is 9.84 Å². The summed E-state index contributed by atoms with van der Waals surface area (Å²) in [6.45, 7) is 1.68. The molecule has 138 valence electrons. The summed E-state index contributed by atoms with van der Waals surface area (Å²) in [6, 6.07) is 14.6. The zero-order valence-corrected chi connectivity index (χ0v) is 15.0. The fraction of sp³-hybridized carbons (Fsp3) is 0.190. The SMILES string of the molecule is CCC(=O)C1=C(O)C(=O)N(c2cccc(C(=O)OC)c2)C1c1ccccc1. The van der Waals surface area contributed by atoms with Crippen molar-refractivity contribution in [3.8, 4) is 0 Å². The molecule has 1 amide bonds. The number of benzene rings is 2. The summed E-state index contributed by atoms with van der Waals surface area (Å²) < 4.78 is 4.73. The molecule has 0 spiro atoms. The third-order valence-corrected chi connectivity index (χ3v) is 4.49. The van der Waals surface area contributed by atoms with Gasteiger partial charge in [-0.1, -0.05) is 43.3 Å². The highest BCUT2D eigenvalue weighted by Crippen LogP contribution is 2.41. The van der Waals surface area contributed by atoms with Crippen molar-refractivity contribution in [2.45, 2.75) is 19.4 Å². The predicted octanol–water partition coefficient (Wildman–Crippen LogP) is 3.35. The Balaban J connectivity index is 2.16. The first-order chi connectivity index (χ1) is 13.0. The molecule has 3 rings (SSSR count). The average Bonchev–Trinajstić information content (AvgIpc) is 2.98. The Morgan fingerprint density at radius 2 is 1.81 bits per heavy atom. The standard InChI is InChI=1S/C21H19NO5/c1-3-16(23)17-18(13-8-5-4-6-9-13)22(20(25)19(17)24)15-11-7-10-14(12-15)21(26)27-2/h4-12,18,24H,3H2,1-2H3. The fourth-order valence-corrected chi connectivity index (χ4v) is 3.20. The number of carbonyl (C=O) groups excluding carboxylic acids is 3. The van der Waals surface area contributed by atoms with Gasteiger partial charge >= 0.3 is 5.97 Å². The summed E-state index contributed by atoms with van der Waals surface area (Å²) in [5, 5.41) is 10.4. The number of anilines is 1. The normalized spacial score (nSPS) is 16.6. The minimum atomic E-state index is -0.765. The van der Waals surface area contributed by atoms with Crippen molar-refractivity contribution in [1.29, 1.82) is 0 Å². The van der Waals surface area contributed by atoms with Crippen molar-refractivity contribution in [3.05, 3.63) is 77.1 Å². The van der Waals surface area contributed by atoms with Crippen LogP contribution in [-0.2, 0) is 14.3 Å². The molecule has 2 aromatic carbocycles. The number of rotatable bonds is 5. The molecule has 0 aromatic heterocycles. The first kappa shape index (κ1) is 18.4. The van der Waals surface area contributed by atoms with Gasteiger partial charge in [-0.25, -0.2) is 4.79 Å². The lowest BCUT2D eigenvalue weighted by Gasteiger charge is -2.27. The molecule has 1 N–H and O–H groups in total. The molecule has 1 aliphatic heterocycles. The van der Waals surface area contributed by atoms with Crippen LogP contribution >= 0.6 is 0 Å². The zero-order valence-electron chi connectivity index (χ0n) is 15.0. The minimum absolute atomic E-state index is 0.0668. The van der Waals surface area contributed by atoms with Gasteiger partial charge in [0.15, 0.2) is 11.5 Å². The van der Waals surface area contributed by atoms with Gasteiger partial charge in [-0.3, -0.25) is 14.5 Å². The highest BCUT2D eigenvalue weighted by molar-refractivity contribution is 6.16. The number of amides is 1. The molecule has 1 heterocycles. The van der Waals surface area contributed by atoms with Crippen LogP contribution in [-0.4, -0.2) is 29.9 Å². The maximum absolute atomic E-state index is 12.8. The molecule has 2 aromatic rings. The van der Waals surface area contributed by atoms with Crippen LogP contribution in [0.25, 0.3) is 0 Å². The van der Waals surface area contributed by atoms with Gasteiger partial charge in [0.2, 0.25) is 0 Å². The monoisotopic (exact) mass is 365 g/mol. The van der Waals surface area contributed by atoms with E-state index < -0.39 is 23.7 Å². The maximum atomic E-state index is 12.8. The molecule has 1 aliphatic rings. The van der Waals surface area contributed by atoms with Crippen molar-refractivity contribution in [2.24, 2.45) is 0 Å². The number of methoxy groups -OCH3 is 1. The molecule has 1 atom stereocenters. The molecule has 0 saturated heterocycles. The molecule has 6 heteroatoms. The van der Waals surface area contributed by atoms with Gasteiger partial charge in [-0.2, -0.15) is 0 Å². The Bertz CT molecular complexity index is 933. The summed E-state index contributed by atoms with van der Waals surface area (Å²) in [7, 11) is 1.27. The van der Waals surface area contributed by atoms with Crippen LogP contribution in [0.15, 0.2) is 65.9 Å². The quantitative estimate of drug-likeness (QED) is 0.822. The minimum Gasteiger partial charge on any atom is -0.503 e. The summed E-state index contributed by atoms with van der Waals surface area (Å²) in [4.78, 5) is 38.5. The van der Waals surface area contributed by atoms with Crippen molar-refractivity contribution in [2.75, 3.05) is 12.0 Å². The third kappa shape index (κ3) is 3.21. The van der Waals surface area contributed by atoms with Crippen LogP contribution in [0.3, 0.4) is 0 Å². The van der Waals surface area contributed by atoms with Gasteiger partial charge in [0.1, 0.15) is 0 Å².